The maximum absolute atomic E-state index is 9.07. The lowest BCUT2D eigenvalue weighted by Gasteiger charge is -2.32. The van der Waals surface area contributed by atoms with Crippen LogP contribution in [-0.4, -0.2) is 52.6 Å². The Kier molecular flexibility index (Phi) is 3.88. The Morgan fingerprint density at radius 3 is 3.00 bits per heavy atom. The van der Waals surface area contributed by atoms with Gasteiger partial charge in [0.2, 0.25) is 5.95 Å². The van der Waals surface area contributed by atoms with E-state index in [9.17, 15) is 0 Å². The number of hydrogen-bond donors (Lipinski definition) is 2. The van der Waals surface area contributed by atoms with Crippen molar-refractivity contribution in [2.45, 2.75) is 19.6 Å². The van der Waals surface area contributed by atoms with Crippen molar-refractivity contribution < 1.29 is 14.9 Å². The average molecular weight is 239 g/mol. The molecule has 17 heavy (non-hydrogen) atoms. The van der Waals surface area contributed by atoms with Crippen molar-refractivity contribution in [2.75, 3.05) is 31.2 Å². The molecule has 1 aliphatic rings. The molecule has 0 bridgehead atoms. The third-order valence-corrected chi connectivity index (χ3v) is 2.86. The second-order valence-corrected chi connectivity index (χ2v) is 4.06. The number of nitrogens with zero attached hydrogens (tertiary/aromatic N) is 3. The van der Waals surface area contributed by atoms with Gasteiger partial charge in [-0.3, -0.25) is 0 Å². The summed E-state index contributed by atoms with van der Waals surface area (Å²) in [6, 6.07) is 0. The Labute approximate surface area is 99.9 Å². The van der Waals surface area contributed by atoms with E-state index < -0.39 is 0 Å². The summed E-state index contributed by atoms with van der Waals surface area (Å²) in [7, 11) is 0. The van der Waals surface area contributed by atoms with Gasteiger partial charge in [-0.2, -0.15) is 0 Å². The normalized spacial score (nSPS) is 20.6. The highest BCUT2D eigenvalue weighted by Crippen LogP contribution is 2.14. The van der Waals surface area contributed by atoms with E-state index in [1.807, 2.05) is 11.8 Å². The summed E-state index contributed by atoms with van der Waals surface area (Å²) < 4.78 is 5.37. The van der Waals surface area contributed by atoms with Gasteiger partial charge in [0, 0.05) is 30.5 Å². The highest BCUT2D eigenvalue weighted by atomic mass is 16.5. The molecular weight excluding hydrogens is 222 g/mol. The van der Waals surface area contributed by atoms with E-state index in [0.717, 1.165) is 11.3 Å². The molecule has 6 nitrogen and oxygen atoms in total. The van der Waals surface area contributed by atoms with Gasteiger partial charge in [-0.15, -0.1) is 0 Å². The fourth-order valence-corrected chi connectivity index (χ4v) is 1.80. The lowest BCUT2D eigenvalue weighted by molar-refractivity contribution is 0.00312. The van der Waals surface area contributed by atoms with Gasteiger partial charge in [-0.25, -0.2) is 9.97 Å². The summed E-state index contributed by atoms with van der Waals surface area (Å²) in [4.78, 5) is 10.6. The van der Waals surface area contributed by atoms with Gasteiger partial charge >= 0.3 is 0 Å². The Bertz CT molecular complexity index is 386. The third kappa shape index (κ3) is 2.71. The lowest BCUT2D eigenvalue weighted by Crippen LogP contribution is -2.44. The van der Waals surface area contributed by atoms with Crippen molar-refractivity contribution in [1.29, 1.82) is 0 Å². The van der Waals surface area contributed by atoms with Crippen LogP contribution < -0.4 is 4.90 Å². The standard InChI is InChI=1S/C11H17N3O3/c1-8-9(6-15)4-12-11(13-8)14-2-3-17-10(5-14)7-16/h4,10,15-16H,2-3,5-7H2,1H3. The highest BCUT2D eigenvalue weighted by Gasteiger charge is 2.21. The molecule has 2 heterocycles. The van der Waals surface area contributed by atoms with E-state index in [4.69, 9.17) is 14.9 Å². The molecule has 1 aromatic heterocycles. The van der Waals surface area contributed by atoms with Crippen molar-refractivity contribution in [3.63, 3.8) is 0 Å². The number of hydrogen-bond acceptors (Lipinski definition) is 6. The molecule has 2 N–H and O–H groups in total. The predicted molar refractivity (Wildman–Crippen MR) is 61.7 cm³/mol. The van der Waals surface area contributed by atoms with Crippen LogP contribution in [0.1, 0.15) is 11.3 Å². The summed E-state index contributed by atoms with van der Waals surface area (Å²) in [5, 5.41) is 18.1. The van der Waals surface area contributed by atoms with Crippen LogP contribution >= 0.6 is 0 Å². The minimum absolute atomic E-state index is 0.00417. The van der Waals surface area contributed by atoms with E-state index in [2.05, 4.69) is 9.97 Å². The number of aryl methyl sites for hydroxylation is 1. The molecule has 1 aromatic rings. The van der Waals surface area contributed by atoms with E-state index in [0.29, 0.717) is 25.6 Å². The van der Waals surface area contributed by atoms with Crippen molar-refractivity contribution in [1.82, 2.24) is 9.97 Å². The Balaban J connectivity index is 2.13. The van der Waals surface area contributed by atoms with E-state index in [1.54, 1.807) is 6.20 Å². The van der Waals surface area contributed by atoms with Crippen LogP contribution in [0.25, 0.3) is 0 Å². The van der Waals surface area contributed by atoms with Gasteiger partial charge in [-0.05, 0) is 6.92 Å². The number of aromatic nitrogens is 2. The first-order valence-corrected chi connectivity index (χ1v) is 5.65. The van der Waals surface area contributed by atoms with Crippen molar-refractivity contribution >= 4 is 5.95 Å². The summed E-state index contributed by atoms with van der Waals surface area (Å²) in [5.74, 6) is 0.626. The molecule has 1 saturated heterocycles. The zero-order valence-corrected chi connectivity index (χ0v) is 9.83. The van der Waals surface area contributed by atoms with Crippen LogP contribution in [-0.2, 0) is 11.3 Å². The highest BCUT2D eigenvalue weighted by molar-refractivity contribution is 5.33. The summed E-state index contributed by atoms with van der Waals surface area (Å²) in [6.07, 6.45) is 1.46. The zero-order chi connectivity index (χ0) is 12.3. The minimum atomic E-state index is -0.176. The fraction of sp³-hybridized carbons (Fsp3) is 0.636. The van der Waals surface area contributed by atoms with Crippen LogP contribution in [0.5, 0.6) is 0 Å². The molecule has 1 unspecified atom stereocenters. The maximum Gasteiger partial charge on any atom is 0.225 e. The quantitative estimate of drug-likeness (QED) is 0.738. The molecule has 0 aliphatic carbocycles. The van der Waals surface area contributed by atoms with Gasteiger partial charge < -0.3 is 19.8 Å². The molecule has 0 saturated carbocycles. The van der Waals surface area contributed by atoms with Gasteiger partial charge in [0.1, 0.15) is 0 Å². The van der Waals surface area contributed by atoms with Crippen molar-refractivity contribution in [3.8, 4) is 0 Å². The number of anilines is 1. The van der Waals surface area contributed by atoms with Gasteiger partial charge in [0.15, 0.2) is 0 Å². The monoisotopic (exact) mass is 239 g/mol. The second-order valence-electron chi connectivity index (χ2n) is 4.06. The smallest absolute Gasteiger partial charge is 0.225 e. The van der Waals surface area contributed by atoms with Crippen LogP contribution in [0.15, 0.2) is 6.20 Å². The first kappa shape index (κ1) is 12.2. The van der Waals surface area contributed by atoms with Crippen LogP contribution in [0.2, 0.25) is 0 Å². The molecule has 6 heteroatoms. The number of morpholine rings is 1. The SMILES string of the molecule is Cc1nc(N2CCOC(CO)C2)ncc1CO. The Morgan fingerprint density at radius 2 is 2.35 bits per heavy atom. The molecule has 0 amide bonds. The van der Waals surface area contributed by atoms with Gasteiger partial charge in [-0.1, -0.05) is 0 Å². The molecule has 1 fully saturated rings. The van der Waals surface area contributed by atoms with Gasteiger partial charge in [0.25, 0.3) is 0 Å². The predicted octanol–water partition coefficient (Wildman–Crippen LogP) is -0.525. The molecule has 0 radical (unpaired) electrons. The Morgan fingerprint density at radius 1 is 1.53 bits per heavy atom. The van der Waals surface area contributed by atoms with E-state index in [-0.39, 0.29) is 19.3 Å². The topological polar surface area (TPSA) is 78.7 Å². The molecular formula is C11H17N3O3. The summed E-state index contributed by atoms with van der Waals surface area (Å²) in [6.45, 7) is 3.68. The first-order valence-electron chi connectivity index (χ1n) is 5.65. The van der Waals surface area contributed by atoms with Crippen molar-refractivity contribution in [2.24, 2.45) is 0 Å². The van der Waals surface area contributed by atoms with E-state index in [1.165, 1.54) is 0 Å². The third-order valence-electron chi connectivity index (χ3n) is 2.86. The lowest BCUT2D eigenvalue weighted by atomic mass is 10.2. The maximum atomic E-state index is 9.07. The molecule has 1 aliphatic heterocycles. The first-order chi connectivity index (χ1) is 8.24. The van der Waals surface area contributed by atoms with E-state index >= 15 is 0 Å². The van der Waals surface area contributed by atoms with Gasteiger partial charge in [0.05, 0.1) is 25.9 Å². The average Bonchev–Trinajstić information content (AvgIpc) is 2.38. The summed E-state index contributed by atoms with van der Waals surface area (Å²) >= 11 is 0. The van der Waals surface area contributed by atoms with Crippen LogP contribution in [0.4, 0.5) is 5.95 Å². The minimum Gasteiger partial charge on any atom is -0.394 e. The van der Waals surface area contributed by atoms with Crippen LogP contribution in [0.3, 0.4) is 0 Å². The number of aliphatic hydroxyl groups excluding tert-OH is 2. The molecule has 94 valence electrons. The largest absolute Gasteiger partial charge is 0.394 e. The molecule has 2 rings (SSSR count). The number of rotatable bonds is 3. The Hall–Kier alpha value is -1.24. The second kappa shape index (κ2) is 5.39. The van der Waals surface area contributed by atoms with Crippen LogP contribution in [0, 0.1) is 6.92 Å². The fourth-order valence-electron chi connectivity index (χ4n) is 1.80. The number of aliphatic hydroxyl groups is 2. The molecule has 0 aromatic carbocycles. The van der Waals surface area contributed by atoms with Crippen molar-refractivity contribution in [3.05, 3.63) is 17.5 Å². The molecule has 1 atom stereocenters. The zero-order valence-electron chi connectivity index (χ0n) is 9.83. The number of ether oxygens (including phenoxy) is 1. The summed E-state index contributed by atoms with van der Waals surface area (Å²) in [5.41, 5.74) is 1.52. The molecule has 0 spiro atoms.